The fourth-order valence-electron chi connectivity index (χ4n) is 1.76. The predicted molar refractivity (Wildman–Crippen MR) is 66.3 cm³/mol. The largest absolute Gasteiger partial charge is 0.344 e. The topological polar surface area (TPSA) is 37.2 Å². The van der Waals surface area contributed by atoms with Gasteiger partial charge in [-0.15, -0.1) is 0 Å². The molecule has 1 fully saturated rings. The van der Waals surface area contributed by atoms with Gasteiger partial charge in [-0.05, 0) is 18.8 Å². The Morgan fingerprint density at radius 1 is 1.31 bits per heavy atom. The van der Waals surface area contributed by atoms with Crippen molar-refractivity contribution in [2.75, 3.05) is 0 Å². The molecule has 0 amide bonds. The molecule has 1 rings (SSSR count). The molecule has 0 saturated carbocycles. The van der Waals surface area contributed by atoms with E-state index in [0.717, 1.165) is 6.42 Å². The van der Waals surface area contributed by atoms with Crippen molar-refractivity contribution in [3.8, 4) is 0 Å². The third-order valence-electron chi connectivity index (χ3n) is 2.91. The molecular weight excluding hydrogens is 200 g/mol. The first-order chi connectivity index (χ1) is 7.79. The van der Waals surface area contributed by atoms with Crippen molar-refractivity contribution in [1.29, 1.82) is 0 Å². The van der Waals surface area contributed by atoms with Crippen molar-refractivity contribution in [3.05, 3.63) is 12.3 Å². The quantitative estimate of drug-likeness (QED) is 0.344. The molecule has 3 unspecified atom stereocenters. The first-order valence-corrected chi connectivity index (χ1v) is 6.50. The Morgan fingerprint density at radius 2 is 2.12 bits per heavy atom. The van der Waals surface area contributed by atoms with E-state index in [1.165, 1.54) is 25.7 Å². The first-order valence-electron chi connectivity index (χ1n) is 6.50. The maximum atomic E-state index is 5.50. The van der Waals surface area contributed by atoms with Gasteiger partial charge >= 0.3 is 0 Å². The minimum absolute atomic E-state index is 0.0260. The van der Waals surface area contributed by atoms with Crippen LogP contribution in [0.15, 0.2) is 22.5 Å². The zero-order valence-electron chi connectivity index (χ0n) is 10.7. The number of nitrogens with zero attached hydrogens (tertiary/aromatic N) is 2. The SMILES string of the molecule is CCC=CN=NC1OC1C(C)CCCCC. The molecule has 16 heavy (non-hydrogen) atoms. The highest BCUT2D eigenvalue weighted by Crippen LogP contribution is 2.33. The zero-order valence-corrected chi connectivity index (χ0v) is 10.7. The molecule has 0 radical (unpaired) electrons. The Labute approximate surface area is 99.0 Å². The fourth-order valence-corrected chi connectivity index (χ4v) is 1.76. The molecule has 1 aliphatic heterocycles. The van der Waals surface area contributed by atoms with E-state index in [9.17, 15) is 0 Å². The van der Waals surface area contributed by atoms with Crippen LogP contribution in [0.3, 0.4) is 0 Å². The molecule has 0 aromatic rings. The van der Waals surface area contributed by atoms with Crippen molar-refractivity contribution in [2.24, 2.45) is 16.1 Å². The minimum Gasteiger partial charge on any atom is -0.344 e. The van der Waals surface area contributed by atoms with Gasteiger partial charge in [0.2, 0.25) is 0 Å². The van der Waals surface area contributed by atoms with Crippen LogP contribution in [-0.2, 0) is 4.74 Å². The molecule has 0 bridgehead atoms. The number of allylic oxidation sites excluding steroid dienone is 1. The second-order valence-electron chi connectivity index (χ2n) is 4.49. The number of unbranched alkanes of at least 4 members (excludes halogenated alkanes) is 2. The summed E-state index contributed by atoms with van der Waals surface area (Å²) < 4.78 is 5.50. The van der Waals surface area contributed by atoms with Gasteiger partial charge in [0.25, 0.3) is 0 Å². The Morgan fingerprint density at radius 3 is 2.81 bits per heavy atom. The number of azo groups is 1. The molecule has 92 valence electrons. The Balaban J connectivity index is 2.12. The zero-order chi connectivity index (χ0) is 11.8. The molecule has 0 aliphatic carbocycles. The maximum absolute atomic E-state index is 5.50. The number of hydrogen-bond acceptors (Lipinski definition) is 3. The average Bonchev–Trinajstić information content (AvgIpc) is 3.04. The number of hydrogen-bond donors (Lipinski definition) is 0. The lowest BCUT2D eigenvalue weighted by atomic mass is 10.00. The van der Waals surface area contributed by atoms with E-state index in [1.54, 1.807) is 6.20 Å². The number of epoxide rings is 1. The van der Waals surface area contributed by atoms with Crippen LogP contribution >= 0.6 is 0 Å². The number of rotatable bonds is 8. The van der Waals surface area contributed by atoms with Gasteiger partial charge in [-0.1, -0.05) is 46.1 Å². The Bertz CT molecular complexity index is 238. The van der Waals surface area contributed by atoms with Crippen molar-refractivity contribution < 1.29 is 4.74 Å². The van der Waals surface area contributed by atoms with Gasteiger partial charge in [0.05, 0.1) is 0 Å². The summed E-state index contributed by atoms with van der Waals surface area (Å²) >= 11 is 0. The molecule has 0 spiro atoms. The summed E-state index contributed by atoms with van der Waals surface area (Å²) in [5.41, 5.74) is 0. The molecular formula is C13H24N2O. The second kappa shape index (κ2) is 7.55. The summed E-state index contributed by atoms with van der Waals surface area (Å²) in [5.74, 6) is 0.616. The first kappa shape index (κ1) is 13.4. The molecule has 3 atom stereocenters. The van der Waals surface area contributed by atoms with Crippen molar-refractivity contribution >= 4 is 0 Å². The molecule has 1 heterocycles. The van der Waals surface area contributed by atoms with Gasteiger partial charge in [0, 0.05) is 6.20 Å². The van der Waals surface area contributed by atoms with E-state index in [4.69, 9.17) is 4.74 Å². The lowest BCUT2D eigenvalue weighted by Gasteiger charge is -2.05. The van der Waals surface area contributed by atoms with Gasteiger partial charge in [-0.3, -0.25) is 0 Å². The van der Waals surface area contributed by atoms with E-state index in [1.807, 2.05) is 6.08 Å². The van der Waals surface area contributed by atoms with Gasteiger partial charge < -0.3 is 4.74 Å². The summed E-state index contributed by atoms with van der Waals surface area (Å²) in [7, 11) is 0. The van der Waals surface area contributed by atoms with Crippen LogP contribution < -0.4 is 0 Å². The van der Waals surface area contributed by atoms with Gasteiger partial charge in [0.1, 0.15) is 6.10 Å². The van der Waals surface area contributed by atoms with E-state index in [-0.39, 0.29) is 6.23 Å². The van der Waals surface area contributed by atoms with Crippen LogP contribution in [0.4, 0.5) is 0 Å². The van der Waals surface area contributed by atoms with Gasteiger partial charge in [-0.2, -0.15) is 10.2 Å². The molecule has 0 aromatic carbocycles. The lowest BCUT2D eigenvalue weighted by Crippen LogP contribution is -2.05. The molecule has 0 aromatic heterocycles. The van der Waals surface area contributed by atoms with E-state index in [0.29, 0.717) is 12.0 Å². The van der Waals surface area contributed by atoms with E-state index >= 15 is 0 Å². The average molecular weight is 224 g/mol. The fraction of sp³-hybridized carbons (Fsp3) is 0.846. The third kappa shape index (κ3) is 4.88. The highest BCUT2D eigenvalue weighted by atomic mass is 16.6. The molecule has 1 aliphatic rings. The third-order valence-corrected chi connectivity index (χ3v) is 2.91. The van der Waals surface area contributed by atoms with Crippen LogP contribution in [0, 0.1) is 5.92 Å². The highest BCUT2D eigenvalue weighted by Gasteiger charge is 2.43. The summed E-state index contributed by atoms with van der Waals surface area (Å²) in [4.78, 5) is 0. The van der Waals surface area contributed by atoms with Crippen molar-refractivity contribution in [3.63, 3.8) is 0 Å². The minimum atomic E-state index is 0.0260. The Hall–Kier alpha value is -0.700. The maximum Gasteiger partial charge on any atom is 0.195 e. The van der Waals surface area contributed by atoms with Crippen LogP contribution in [0.25, 0.3) is 0 Å². The summed E-state index contributed by atoms with van der Waals surface area (Å²) in [5, 5.41) is 8.09. The van der Waals surface area contributed by atoms with E-state index in [2.05, 4.69) is 31.0 Å². The molecule has 3 heteroatoms. The van der Waals surface area contributed by atoms with Crippen LogP contribution in [0.5, 0.6) is 0 Å². The second-order valence-corrected chi connectivity index (χ2v) is 4.49. The van der Waals surface area contributed by atoms with Crippen LogP contribution in [-0.4, -0.2) is 12.3 Å². The highest BCUT2D eigenvalue weighted by molar-refractivity contribution is 4.87. The van der Waals surface area contributed by atoms with Crippen LogP contribution in [0.1, 0.15) is 52.9 Å². The van der Waals surface area contributed by atoms with Crippen LogP contribution in [0.2, 0.25) is 0 Å². The summed E-state index contributed by atoms with van der Waals surface area (Å²) in [6.45, 7) is 6.56. The predicted octanol–water partition coefficient (Wildman–Crippen LogP) is 4.30. The van der Waals surface area contributed by atoms with Gasteiger partial charge in [-0.25, -0.2) is 0 Å². The standard InChI is InChI=1S/C13H24N2O/c1-4-6-8-9-11(3)12-13(16-12)15-14-10-7-5-2/h7,10-13H,4-6,8-9H2,1-3H3. The van der Waals surface area contributed by atoms with E-state index < -0.39 is 0 Å². The summed E-state index contributed by atoms with van der Waals surface area (Å²) in [6, 6.07) is 0. The van der Waals surface area contributed by atoms with Gasteiger partial charge in [0.15, 0.2) is 6.23 Å². The smallest absolute Gasteiger partial charge is 0.195 e. The normalized spacial score (nSPS) is 26.7. The van der Waals surface area contributed by atoms with Crippen molar-refractivity contribution in [2.45, 2.75) is 65.2 Å². The molecule has 0 N–H and O–H groups in total. The van der Waals surface area contributed by atoms with Crippen molar-refractivity contribution in [1.82, 2.24) is 0 Å². The monoisotopic (exact) mass is 224 g/mol. The molecule has 1 saturated heterocycles. The summed E-state index contributed by atoms with van der Waals surface area (Å²) in [6.07, 6.45) is 10.2. The lowest BCUT2D eigenvalue weighted by molar-refractivity contribution is 0.312. The number of ether oxygens (including phenoxy) is 1. The Kier molecular flexibility index (Phi) is 6.31. The molecule has 3 nitrogen and oxygen atoms in total.